The van der Waals surface area contributed by atoms with Crippen molar-refractivity contribution in [3.05, 3.63) is 59.7 Å². The van der Waals surface area contributed by atoms with Crippen LogP contribution in [0.2, 0.25) is 0 Å². The lowest BCUT2D eigenvalue weighted by Gasteiger charge is -2.10. The highest BCUT2D eigenvalue weighted by atomic mass is 32.2. The highest BCUT2D eigenvalue weighted by Crippen LogP contribution is 2.17. The van der Waals surface area contributed by atoms with Crippen molar-refractivity contribution >= 4 is 27.6 Å². The number of anilines is 1. The number of benzene rings is 2. The van der Waals surface area contributed by atoms with E-state index in [-0.39, 0.29) is 28.3 Å². The Labute approximate surface area is 138 Å². The number of sulfonamides is 1. The fraction of sp³-hybridized carbons (Fsp3) is 0.125. The average molecular weight is 348 g/mol. The molecule has 0 aliphatic carbocycles. The number of carbonyl (C=O) groups excluding carboxylic acids is 2. The Hall–Kier alpha value is -2.87. The van der Waals surface area contributed by atoms with Crippen molar-refractivity contribution in [2.45, 2.75) is 11.8 Å². The van der Waals surface area contributed by atoms with Gasteiger partial charge in [0.2, 0.25) is 0 Å². The molecular weight excluding hydrogens is 334 g/mol. The van der Waals surface area contributed by atoms with Crippen LogP contribution in [0.25, 0.3) is 0 Å². The zero-order valence-electron chi connectivity index (χ0n) is 12.7. The summed E-state index contributed by atoms with van der Waals surface area (Å²) in [6.07, 6.45) is 0. The van der Waals surface area contributed by atoms with E-state index < -0.39 is 22.0 Å². The number of carboxylic acid groups (broad SMARTS) is 1. The zero-order chi connectivity index (χ0) is 17.7. The van der Waals surface area contributed by atoms with Gasteiger partial charge in [0.15, 0.2) is 0 Å². The maximum Gasteiger partial charge on any atom is 0.338 e. The molecule has 0 amide bonds. The van der Waals surface area contributed by atoms with Gasteiger partial charge in [0.05, 0.1) is 23.0 Å². The molecule has 0 saturated heterocycles. The van der Waals surface area contributed by atoms with E-state index in [2.05, 4.69) is 4.72 Å². The summed E-state index contributed by atoms with van der Waals surface area (Å²) in [6, 6.07) is 10.4. The molecule has 1 N–H and O–H groups in total. The van der Waals surface area contributed by atoms with Gasteiger partial charge in [-0.1, -0.05) is 12.1 Å². The summed E-state index contributed by atoms with van der Waals surface area (Å²) in [6.45, 7) is 1.90. The van der Waals surface area contributed by atoms with E-state index in [1.807, 2.05) is 0 Å². The molecule has 126 valence electrons. The van der Waals surface area contributed by atoms with E-state index in [0.29, 0.717) is 0 Å². The minimum atomic E-state index is -3.87. The highest BCUT2D eigenvalue weighted by Gasteiger charge is 2.15. The monoisotopic (exact) mass is 348 g/mol. The smallest absolute Gasteiger partial charge is 0.338 e. The number of nitrogens with one attached hydrogen (secondary N) is 1. The SMILES string of the molecule is CCOC(=O)c1ccc(S(=O)(=O)Nc2ccc(C(=O)[O-])cc2)cc1. The lowest BCUT2D eigenvalue weighted by Crippen LogP contribution is -2.22. The van der Waals surface area contributed by atoms with Crippen molar-refractivity contribution in [2.75, 3.05) is 11.3 Å². The van der Waals surface area contributed by atoms with Crippen LogP contribution in [0.5, 0.6) is 0 Å². The molecule has 24 heavy (non-hydrogen) atoms. The van der Waals surface area contributed by atoms with E-state index in [9.17, 15) is 23.1 Å². The number of aromatic carboxylic acids is 1. The second kappa shape index (κ2) is 7.14. The van der Waals surface area contributed by atoms with Crippen LogP contribution < -0.4 is 9.83 Å². The Balaban J connectivity index is 2.18. The minimum Gasteiger partial charge on any atom is -0.545 e. The number of hydrogen-bond donors (Lipinski definition) is 1. The molecule has 0 aliphatic rings. The second-order valence-corrected chi connectivity index (χ2v) is 6.40. The Bertz CT molecular complexity index is 841. The second-order valence-electron chi connectivity index (χ2n) is 4.72. The minimum absolute atomic E-state index is 0.0421. The summed E-state index contributed by atoms with van der Waals surface area (Å²) in [4.78, 5) is 22.2. The maximum absolute atomic E-state index is 12.3. The van der Waals surface area contributed by atoms with Crippen LogP contribution in [0, 0.1) is 0 Å². The van der Waals surface area contributed by atoms with Crippen LogP contribution in [-0.4, -0.2) is 27.0 Å². The molecule has 2 aromatic carbocycles. The van der Waals surface area contributed by atoms with Crippen molar-refractivity contribution in [1.29, 1.82) is 0 Å². The molecule has 7 nitrogen and oxygen atoms in total. The topological polar surface area (TPSA) is 113 Å². The largest absolute Gasteiger partial charge is 0.545 e. The molecule has 2 rings (SSSR count). The zero-order valence-corrected chi connectivity index (χ0v) is 13.5. The van der Waals surface area contributed by atoms with Crippen LogP contribution in [0.3, 0.4) is 0 Å². The molecule has 0 aliphatic heterocycles. The average Bonchev–Trinajstić information content (AvgIpc) is 2.55. The van der Waals surface area contributed by atoms with Crippen molar-refractivity contribution in [2.24, 2.45) is 0 Å². The molecule has 0 fully saturated rings. The first-order valence-corrected chi connectivity index (χ1v) is 8.43. The Morgan fingerprint density at radius 2 is 1.54 bits per heavy atom. The van der Waals surface area contributed by atoms with Gasteiger partial charge in [-0.2, -0.15) is 0 Å². The molecule has 0 saturated carbocycles. The van der Waals surface area contributed by atoms with Crippen molar-refractivity contribution in [3.8, 4) is 0 Å². The van der Waals surface area contributed by atoms with Crippen LogP contribution in [0.1, 0.15) is 27.6 Å². The molecule has 0 unspecified atom stereocenters. The van der Waals surface area contributed by atoms with E-state index in [0.717, 1.165) is 0 Å². The number of esters is 1. The summed E-state index contributed by atoms with van der Waals surface area (Å²) >= 11 is 0. The fourth-order valence-electron chi connectivity index (χ4n) is 1.87. The van der Waals surface area contributed by atoms with E-state index in [1.165, 1.54) is 48.5 Å². The summed E-state index contributed by atoms with van der Waals surface area (Å²) in [5.74, 6) is -1.88. The molecule has 8 heteroatoms. The van der Waals surface area contributed by atoms with Gasteiger partial charge < -0.3 is 14.6 Å². The number of rotatable bonds is 6. The first-order valence-electron chi connectivity index (χ1n) is 6.95. The highest BCUT2D eigenvalue weighted by molar-refractivity contribution is 7.92. The third-order valence-electron chi connectivity index (χ3n) is 3.05. The third kappa shape index (κ3) is 4.11. The van der Waals surface area contributed by atoms with E-state index in [4.69, 9.17) is 4.74 Å². The van der Waals surface area contributed by atoms with Crippen LogP contribution in [0.15, 0.2) is 53.4 Å². The van der Waals surface area contributed by atoms with Gasteiger partial charge in [-0.05, 0) is 48.9 Å². The van der Waals surface area contributed by atoms with Crippen molar-refractivity contribution in [3.63, 3.8) is 0 Å². The normalized spacial score (nSPS) is 10.9. The van der Waals surface area contributed by atoms with Crippen molar-refractivity contribution < 1.29 is 27.9 Å². The molecular formula is C16H14NO6S-. The summed E-state index contributed by atoms with van der Waals surface area (Å²) in [5.41, 5.74) is 0.389. The van der Waals surface area contributed by atoms with Crippen LogP contribution >= 0.6 is 0 Å². The molecule has 0 bridgehead atoms. The van der Waals surface area contributed by atoms with E-state index >= 15 is 0 Å². The van der Waals surface area contributed by atoms with Crippen LogP contribution in [-0.2, 0) is 14.8 Å². The van der Waals surface area contributed by atoms with E-state index in [1.54, 1.807) is 6.92 Å². The summed E-state index contributed by atoms with van der Waals surface area (Å²) in [5, 5.41) is 10.7. The first-order chi connectivity index (χ1) is 11.3. The van der Waals surface area contributed by atoms with Gasteiger partial charge in [-0.25, -0.2) is 13.2 Å². The van der Waals surface area contributed by atoms with Gasteiger partial charge in [0.25, 0.3) is 10.0 Å². The Morgan fingerprint density at radius 1 is 1.00 bits per heavy atom. The molecule has 0 aromatic heterocycles. The molecule has 0 spiro atoms. The molecule has 2 aromatic rings. The molecule has 0 heterocycles. The van der Waals surface area contributed by atoms with Gasteiger partial charge in [0, 0.05) is 5.69 Å². The standard InChI is InChI=1S/C16H15NO6S/c1-2-23-16(20)12-5-9-14(10-6-12)24(21,22)17-13-7-3-11(4-8-13)15(18)19/h3-10,17H,2H2,1H3,(H,18,19)/p-1. The van der Waals surface area contributed by atoms with Gasteiger partial charge >= 0.3 is 5.97 Å². The fourth-order valence-corrected chi connectivity index (χ4v) is 2.93. The first kappa shape index (κ1) is 17.5. The summed E-state index contributed by atoms with van der Waals surface area (Å²) in [7, 11) is -3.87. The van der Waals surface area contributed by atoms with Gasteiger partial charge in [0.1, 0.15) is 0 Å². The lowest BCUT2D eigenvalue weighted by molar-refractivity contribution is -0.255. The maximum atomic E-state index is 12.3. The molecule has 0 radical (unpaired) electrons. The lowest BCUT2D eigenvalue weighted by atomic mass is 10.2. The number of carbonyl (C=O) groups is 2. The van der Waals surface area contributed by atoms with Crippen molar-refractivity contribution in [1.82, 2.24) is 0 Å². The summed E-state index contributed by atoms with van der Waals surface area (Å²) < 4.78 is 31.7. The number of ether oxygens (including phenoxy) is 1. The van der Waals surface area contributed by atoms with Gasteiger partial charge in [-0.15, -0.1) is 0 Å². The van der Waals surface area contributed by atoms with Gasteiger partial charge in [-0.3, -0.25) is 4.72 Å². The number of hydrogen-bond acceptors (Lipinski definition) is 6. The Morgan fingerprint density at radius 3 is 2.04 bits per heavy atom. The molecule has 0 atom stereocenters. The number of carboxylic acids is 1. The third-order valence-corrected chi connectivity index (χ3v) is 4.45. The quantitative estimate of drug-likeness (QED) is 0.780. The van der Waals surface area contributed by atoms with Crippen LogP contribution in [0.4, 0.5) is 5.69 Å². The predicted octanol–water partition coefficient (Wildman–Crippen LogP) is 1.03. The Kier molecular flexibility index (Phi) is 5.20. The predicted molar refractivity (Wildman–Crippen MR) is 84.0 cm³/mol.